The molecule has 0 saturated carbocycles. The molecule has 0 radical (unpaired) electrons. The first-order chi connectivity index (χ1) is 13.5. The maximum Gasteiger partial charge on any atom is 0.277 e. The number of nitrogens with zero attached hydrogens (tertiary/aromatic N) is 2. The Labute approximate surface area is 167 Å². The van der Waals surface area contributed by atoms with Crippen molar-refractivity contribution in [2.45, 2.75) is 43.2 Å². The van der Waals surface area contributed by atoms with Crippen molar-refractivity contribution in [3.63, 3.8) is 0 Å². The molecule has 3 rings (SSSR count). The Kier molecular flexibility index (Phi) is 6.81. The van der Waals surface area contributed by atoms with Crippen LogP contribution in [0.2, 0.25) is 0 Å². The fourth-order valence-electron chi connectivity index (χ4n) is 2.67. The number of rotatable bonds is 8. The van der Waals surface area contributed by atoms with E-state index in [0.29, 0.717) is 0 Å². The molecule has 0 bridgehead atoms. The lowest BCUT2D eigenvalue weighted by Crippen LogP contribution is -2.37. The number of amides is 1. The van der Waals surface area contributed by atoms with Gasteiger partial charge in [-0.3, -0.25) is 4.79 Å². The molecule has 5 nitrogen and oxygen atoms in total. The van der Waals surface area contributed by atoms with Crippen molar-refractivity contribution in [2.24, 2.45) is 0 Å². The van der Waals surface area contributed by atoms with Gasteiger partial charge >= 0.3 is 0 Å². The minimum absolute atomic E-state index is 0.0485. The Bertz CT molecular complexity index is 917. The molecule has 2 atom stereocenters. The molecule has 1 heterocycles. The van der Waals surface area contributed by atoms with Gasteiger partial charge in [0.1, 0.15) is 5.82 Å². The molecule has 0 aliphatic rings. The first kappa shape index (κ1) is 20.1. The van der Waals surface area contributed by atoms with Gasteiger partial charge in [-0.25, -0.2) is 4.39 Å². The summed E-state index contributed by atoms with van der Waals surface area (Å²) in [6.45, 7) is 3.76. The van der Waals surface area contributed by atoms with Crippen molar-refractivity contribution in [2.75, 3.05) is 0 Å². The highest BCUT2D eigenvalue weighted by Gasteiger charge is 2.20. The molecular weight excluding hydrogens is 377 g/mol. The van der Waals surface area contributed by atoms with Crippen molar-refractivity contribution in [3.05, 3.63) is 66.0 Å². The summed E-state index contributed by atoms with van der Waals surface area (Å²) >= 11 is 1.15. The molecule has 0 spiro atoms. The second-order valence-electron chi connectivity index (χ2n) is 6.55. The predicted molar refractivity (Wildman–Crippen MR) is 107 cm³/mol. The van der Waals surface area contributed by atoms with Gasteiger partial charge in [-0.1, -0.05) is 54.2 Å². The van der Waals surface area contributed by atoms with E-state index in [4.69, 9.17) is 4.42 Å². The average Bonchev–Trinajstić information content (AvgIpc) is 3.15. The zero-order valence-electron chi connectivity index (χ0n) is 15.8. The summed E-state index contributed by atoms with van der Waals surface area (Å²) in [7, 11) is 0. The van der Waals surface area contributed by atoms with Crippen LogP contribution < -0.4 is 5.32 Å². The van der Waals surface area contributed by atoms with Crippen LogP contribution in [0.3, 0.4) is 0 Å². The molecule has 1 N–H and O–H groups in total. The lowest BCUT2D eigenvalue weighted by atomic mass is 10.1. The number of hydrogen-bond acceptors (Lipinski definition) is 5. The number of halogens is 1. The van der Waals surface area contributed by atoms with Crippen LogP contribution in [0, 0.1) is 5.82 Å². The number of aryl methyl sites for hydroxylation is 1. The highest BCUT2D eigenvalue weighted by atomic mass is 32.2. The van der Waals surface area contributed by atoms with Crippen LogP contribution in [0.15, 0.2) is 64.2 Å². The molecule has 28 heavy (non-hydrogen) atoms. The molecule has 0 fully saturated rings. The third-order valence-electron chi connectivity index (χ3n) is 4.26. The standard InChI is InChI=1S/C21H22FN3O2S/c1-14(12-13-16-8-4-3-5-9-16)23-19(26)15(2)28-21-25-24-20(27-21)17-10-6-7-11-18(17)22/h3-11,14-15H,12-13H2,1-2H3,(H,23,26)/t14-,15-/m1/s1. The monoisotopic (exact) mass is 399 g/mol. The van der Waals surface area contributed by atoms with Crippen LogP contribution in [0.1, 0.15) is 25.8 Å². The fraction of sp³-hybridized carbons (Fsp3) is 0.286. The minimum atomic E-state index is -0.430. The Hall–Kier alpha value is -2.67. The maximum absolute atomic E-state index is 13.8. The quantitative estimate of drug-likeness (QED) is 0.565. The second-order valence-corrected chi connectivity index (χ2v) is 7.84. The van der Waals surface area contributed by atoms with Crippen LogP contribution in [0.4, 0.5) is 4.39 Å². The lowest BCUT2D eigenvalue weighted by molar-refractivity contribution is -0.120. The van der Waals surface area contributed by atoms with Crippen molar-refractivity contribution in [3.8, 4) is 11.5 Å². The van der Waals surface area contributed by atoms with Crippen molar-refractivity contribution in [1.82, 2.24) is 15.5 Å². The fourth-order valence-corrected chi connectivity index (χ4v) is 3.36. The van der Waals surface area contributed by atoms with E-state index in [1.165, 1.54) is 11.6 Å². The number of carbonyl (C=O) groups is 1. The van der Waals surface area contributed by atoms with Crippen LogP contribution in [-0.2, 0) is 11.2 Å². The van der Waals surface area contributed by atoms with Crippen LogP contribution >= 0.6 is 11.8 Å². The van der Waals surface area contributed by atoms with E-state index in [1.807, 2.05) is 25.1 Å². The van der Waals surface area contributed by atoms with Gasteiger partial charge in [0.25, 0.3) is 11.1 Å². The zero-order valence-corrected chi connectivity index (χ0v) is 16.6. The molecule has 0 unspecified atom stereocenters. The summed E-state index contributed by atoms with van der Waals surface area (Å²) in [6, 6.07) is 16.4. The highest BCUT2D eigenvalue weighted by Crippen LogP contribution is 2.27. The second kappa shape index (κ2) is 9.50. The van der Waals surface area contributed by atoms with E-state index in [2.05, 4.69) is 27.6 Å². The minimum Gasteiger partial charge on any atom is -0.411 e. The number of benzene rings is 2. The van der Waals surface area contributed by atoms with E-state index in [9.17, 15) is 9.18 Å². The first-order valence-corrected chi connectivity index (χ1v) is 10.00. The molecule has 3 aromatic rings. The van der Waals surface area contributed by atoms with Gasteiger partial charge in [0.2, 0.25) is 5.91 Å². The molecule has 0 aliphatic heterocycles. The Morgan fingerprint density at radius 1 is 1.11 bits per heavy atom. The number of aromatic nitrogens is 2. The van der Waals surface area contributed by atoms with E-state index in [1.54, 1.807) is 25.1 Å². The number of thioether (sulfide) groups is 1. The van der Waals surface area contributed by atoms with Crippen molar-refractivity contribution in [1.29, 1.82) is 0 Å². The van der Waals surface area contributed by atoms with E-state index < -0.39 is 11.1 Å². The molecule has 0 aliphatic carbocycles. The molecule has 2 aromatic carbocycles. The normalized spacial score (nSPS) is 13.1. The van der Waals surface area contributed by atoms with Gasteiger partial charge in [-0.2, -0.15) is 0 Å². The maximum atomic E-state index is 13.8. The summed E-state index contributed by atoms with van der Waals surface area (Å²) < 4.78 is 19.3. The van der Waals surface area contributed by atoms with Crippen molar-refractivity contribution < 1.29 is 13.6 Å². The predicted octanol–water partition coefficient (Wildman–Crippen LogP) is 4.49. The third kappa shape index (κ3) is 5.42. The summed E-state index contributed by atoms with van der Waals surface area (Å²) in [4.78, 5) is 12.4. The van der Waals surface area contributed by atoms with E-state index in [-0.39, 0.29) is 28.6 Å². The Morgan fingerprint density at radius 2 is 1.82 bits per heavy atom. The first-order valence-electron chi connectivity index (χ1n) is 9.12. The SMILES string of the molecule is C[C@H](CCc1ccccc1)NC(=O)[C@@H](C)Sc1nnc(-c2ccccc2F)o1. The van der Waals surface area contributed by atoms with Gasteiger partial charge < -0.3 is 9.73 Å². The van der Waals surface area contributed by atoms with Crippen molar-refractivity contribution >= 4 is 17.7 Å². The van der Waals surface area contributed by atoms with Gasteiger partial charge in [-0.05, 0) is 44.4 Å². The Balaban J connectivity index is 1.51. The summed E-state index contributed by atoms with van der Waals surface area (Å²) in [5.74, 6) is -0.429. The smallest absolute Gasteiger partial charge is 0.277 e. The summed E-state index contributed by atoms with van der Waals surface area (Å²) in [6.07, 6.45) is 1.75. The van der Waals surface area contributed by atoms with E-state index in [0.717, 1.165) is 24.6 Å². The lowest BCUT2D eigenvalue weighted by Gasteiger charge is -2.16. The van der Waals surface area contributed by atoms with Crippen LogP contribution in [0.25, 0.3) is 11.5 Å². The average molecular weight is 399 g/mol. The van der Waals surface area contributed by atoms with E-state index >= 15 is 0 Å². The summed E-state index contributed by atoms with van der Waals surface area (Å²) in [5, 5.41) is 10.6. The van der Waals surface area contributed by atoms with Crippen LogP contribution in [0.5, 0.6) is 0 Å². The molecule has 7 heteroatoms. The van der Waals surface area contributed by atoms with Gasteiger partial charge in [0, 0.05) is 6.04 Å². The van der Waals surface area contributed by atoms with Crippen LogP contribution in [-0.4, -0.2) is 27.4 Å². The van der Waals surface area contributed by atoms with Gasteiger partial charge in [0.15, 0.2) is 0 Å². The molecule has 146 valence electrons. The highest BCUT2D eigenvalue weighted by molar-refractivity contribution is 8.00. The summed E-state index contributed by atoms with van der Waals surface area (Å²) in [5.41, 5.74) is 1.49. The molecule has 1 amide bonds. The number of nitrogens with one attached hydrogen (secondary N) is 1. The van der Waals surface area contributed by atoms with Gasteiger partial charge in [0.05, 0.1) is 10.8 Å². The molecule has 0 saturated heterocycles. The Morgan fingerprint density at radius 3 is 2.57 bits per heavy atom. The topological polar surface area (TPSA) is 68.0 Å². The molecular formula is C21H22FN3O2S. The largest absolute Gasteiger partial charge is 0.411 e. The molecule has 1 aromatic heterocycles. The number of carbonyl (C=O) groups excluding carboxylic acids is 1. The zero-order chi connectivity index (χ0) is 19.9. The third-order valence-corrected chi connectivity index (χ3v) is 5.19. The number of hydrogen-bond donors (Lipinski definition) is 1. The van der Waals surface area contributed by atoms with Gasteiger partial charge in [-0.15, -0.1) is 10.2 Å².